The highest BCUT2D eigenvalue weighted by molar-refractivity contribution is 6.35. The Morgan fingerprint density at radius 3 is 2.76 bits per heavy atom. The minimum absolute atomic E-state index is 0.632. The number of benzene rings is 1. The van der Waals surface area contributed by atoms with Crippen molar-refractivity contribution >= 4 is 28.9 Å². The fourth-order valence-corrected chi connectivity index (χ4v) is 1.63. The van der Waals surface area contributed by atoms with E-state index >= 15 is 0 Å². The third kappa shape index (κ3) is 6.13. The molecule has 5 heteroatoms. The first-order valence-electron chi connectivity index (χ1n) is 5.49. The van der Waals surface area contributed by atoms with Crippen LogP contribution in [0.3, 0.4) is 0 Å². The summed E-state index contributed by atoms with van der Waals surface area (Å²) in [6, 6.07) is 5.36. The van der Waals surface area contributed by atoms with E-state index in [1.54, 1.807) is 19.2 Å². The molecule has 3 nitrogen and oxygen atoms in total. The largest absolute Gasteiger partial charge is 0.384 e. The number of anilines is 1. The summed E-state index contributed by atoms with van der Waals surface area (Å²) in [4.78, 5) is 0. The molecule has 0 fully saturated rings. The molecular formula is C12H17Cl2NO2. The van der Waals surface area contributed by atoms with Gasteiger partial charge in [0, 0.05) is 25.3 Å². The van der Waals surface area contributed by atoms with E-state index in [9.17, 15) is 0 Å². The van der Waals surface area contributed by atoms with Crippen LogP contribution in [-0.4, -0.2) is 33.5 Å². The summed E-state index contributed by atoms with van der Waals surface area (Å²) >= 11 is 11.9. The third-order valence-corrected chi connectivity index (χ3v) is 2.71. The number of methoxy groups -OCH3 is 1. The molecule has 0 saturated heterocycles. The van der Waals surface area contributed by atoms with Crippen LogP contribution < -0.4 is 5.32 Å². The molecule has 17 heavy (non-hydrogen) atoms. The van der Waals surface area contributed by atoms with E-state index in [-0.39, 0.29) is 0 Å². The van der Waals surface area contributed by atoms with Crippen LogP contribution >= 0.6 is 23.2 Å². The number of ether oxygens (including phenoxy) is 2. The maximum absolute atomic E-state index is 6.01. The number of nitrogens with one attached hydrogen (secondary N) is 1. The van der Waals surface area contributed by atoms with E-state index in [0.29, 0.717) is 29.9 Å². The Morgan fingerprint density at radius 2 is 2.00 bits per heavy atom. The second-order valence-corrected chi connectivity index (χ2v) is 4.35. The topological polar surface area (TPSA) is 30.5 Å². The highest BCUT2D eigenvalue weighted by Crippen LogP contribution is 2.25. The predicted molar refractivity (Wildman–Crippen MR) is 72.3 cm³/mol. The first-order valence-corrected chi connectivity index (χ1v) is 6.25. The molecule has 1 N–H and O–H groups in total. The van der Waals surface area contributed by atoms with Gasteiger partial charge in [-0.25, -0.2) is 0 Å². The Morgan fingerprint density at radius 1 is 1.18 bits per heavy atom. The number of rotatable bonds is 8. The Hall–Kier alpha value is -0.480. The summed E-state index contributed by atoms with van der Waals surface area (Å²) in [5.41, 5.74) is 0.857. The third-order valence-electron chi connectivity index (χ3n) is 2.14. The van der Waals surface area contributed by atoms with Gasteiger partial charge in [0.2, 0.25) is 0 Å². The molecular weight excluding hydrogens is 261 g/mol. The Kier molecular flexibility index (Phi) is 7.37. The van der Waals surface area contributed by atoms with Gasteiger partial charge in [0.25, 0.3) is 0 Å². The normalized spacial score (nSPS) is 10.5. The van der Waals surface area contributed by atoms with Crippen LogP contribution in [0, 0.1) is 0 Å². The average molecular weight is 278 g/mol. The predicted octanol–water partition coefficient (Wildman–Crippen LogP) is 3.46. The number of hydrogen-bond donors (Lipinski definition) is 1. The van der Waals surface area contributed by atoms with Crippen molar-refractivity contribution in [3.05, 3.63) is 28.2 Å². The van der Waals surface area contributed by atoms with E-state index in [2.05, 4.69) is 5.32 Å². The first-order chi connectivity index (χ1) is 8.24. The van der Waals surface area contributed by atoms with E-state index in [1.807, 2.05) is 6.07 Å². The molecule has 0 aliphatic heterocycles. The maximum atomic E-state index is 6.01. The van der Waals surface area contributed by atoms with Gasteiger partial charge in [-0.05, 0) is 24.6 Å². The van der Waals surface area contributed by atoms with Gasteiger partial charge in [-0.3, -0.25) is 0 Å². The van der Waals surface area contributed by atoms with Crippen LogP contribution in [0.15, 0.2) is 18.2 Å². The lowest BCUT2D eigenvalue weighted by molar-refractivity contribution is 0.0705. The van der Waals surface area contributed by atoms with Gasteiger partial charge in [0.15, 0.2) is 0 Å². The van der Waals surface area contributed by atoms with Crippen molar-refractivity contribution in [1.82, 2.24) is 0 Å². The maximum Gasteiger partial charge on any atom is 0.0700 e. The second kappa shape index (κ2) is 8.59. The van der Waals surface area contributed by atoms with E-state index < -0.39 is 0 Å². The molecule has 0 unspecified atom stereocenters. The first kappa shape index (κ1) is 14.6. The zero-order valence-electron chi connectivity index (χ0n) is 9.84. The molecule has 0 heterocycles. The summed E-state index contributed by atoms with van der Waals surface area (Å²) < 4.78 is 10.2. The summed E-state index contributed by atoms with van der Waals surface area (Å²) in [5, 5.41) is 4.57. The van der Waals surface area contributed by atoms with Crippen molar-refractivity contribution in [3.63, 3.8) is 0 Å². The van der Waals surface area contributed by atoms with Gasteiger partial charge in [-0.1, -0.05) is 23.2 Å². The van der Waals surface area contributed by atoms with Gasteiger partial charge in [0.1, 0.15) is 0 Å². The lowest BCUT2D eigenvalue weighted by Crippen LogP contribution is -2.08. The van der Waals surface area contributed by atoms with Crippen molar-refractivity contribution < 1.29 is 9.47 Å². The minimum atomic E-state index is 0.632. The Balaban J connectivity index is 2.15. The number of halogens is 2. The fraction of sp³-hybridized carbons (Fsp3) is 0.500. The van der Waals surface area contributed by atoms with E-state index in [1.165, 1.54) is 0 Å². The van der Waals surface area contributed by atoms with Crippen molar-refractivity contribution in [2.75, 3.05) is 38.8 Å². The zero-order valence-corrected chi connectivity index (χ0v) is 11.4. The van der Waals surface area contributed by atoms with Gasteiger partial charge in [0.05, 0.1) is 23.9 Å². The molecule has 0 aliphatic carbocycles. The van der Waals surface area contributed by atoms with Crippen LogP contribution in [0.5, 0.6) is 0 Å². The molecule has 1 rings (SSSR count). The minimum Gasteiger partial charge on any atom is -0.384 e. The molecule has 0 aliphatic rings. The summed E-state index contributed by atoms with van der Waals surface area (Å²) in [5.74, 6) is 0. The lowest BCUT2D eigenvalue weighted by Gasteiger charge is -2.09. The molecule has 1 aromatic carbocycles. The van der Waals surface area contributed by atoms with E-state index in [0.717, 1.165) is 18.7 Å². The lowest BCUT2D eigenvalue weighted by atomic mass is 10.3. The SMILES string of the molecule is COCCOCCCNc1cc(Cl)ccc1Cl. The molecule has 0 aromatic heterocycles. The molecule has 0 spiro atoms. The van der Waals surface area contributed by atoms with Crippen LogP contribution in [0.4, 0.5) is 5.69 Å². The highest BCUT2D eigenvalue weighted by Gasteiger charge is 2.00. The van der Waals surface area contributed by atoms with Gasteiger partial charge in [-0.2, -0.15) is 0 Å². The molecule has 96 valence electrons. The quantitative estimate of drug-likeness (QED) is 0.739. The molecule has 0 radical (unpaired) electrons. The van der Waals surface area contributed by atoms with Crippen LogP contribution in [0.1, 0.15) is 6.42 Å². The fourth-order valence-electron chi connectivity index (χ4n) is 1.27. The molecule has 0 atom stereocenters. The summed E-state index contributed by atoms with van der Waals surface area (Å²) in [6.07, 6.45) is 0.909. The van der Waals surface area contributed by atoms with Gasteiger partial charge < -0.3 is 14.8 Å². The summed E-state index contributed by atoms with van der Waals surface area (Å²) in [6.45, 7) is 2.77. The summed E-state index contributed by atoms with van der Waals surface area (Å²) in [7, 11) is 1.66. The van der Waals surface area contributed by atoms with E-state index in [4.69, 9.17) is 32.7 Å². The molecule has 0 bridgehead atoms. The van der Waals surface area contributed by atoms with Crippen molar-refractivity contribution in [2.24, 2.45) is 0 Å². The Labute approximate surface area is 112 Å². The Bertz CT molecular complexity index is 334. The van der Waals surface area contributed by atoms with Crippen LogP contribution in [-0.2, 0) is 9.47 Å². The molecule has 1 aromatic rings. The monoisotopic (exact) mass is 277 g/mol. The van der Waals surface area contributed by atoms with Crippen molar-refractivity contribution in [2.45, 2.75) is 6.42 Å². The average Bonchev–Trinajstić information content (AvgIpc) is 2.32. The second-order valence-electron chi connectivity index (χ2n) is 3.51. The van der Waals surface area contributed by atoms with Crippen molar-refractivity contribution in [1.29, 1.82) is 0 Å². The molecule has 0 saturated carbocycles. The molecule has 0 amide bonds. The zero-order chi connectivity index (χ0) is 12.5. The highest BCUT2D eigenvalue weighted by atomic mass is 35.5. The van der Waals surface area contributed by atoms with Crippen molar-refractivity contribution in [3.8, 4) is 0 Å². The number of hydrogen-bond acceptors (Lipinski definition) is 3. The van der Waals surface area contributed by atoms with Crippen LogP contribution in [0.2, 0.25) is 10.0 Å². The van der Waals surface area contributed by atoms with Gasteiger partial charge in [-0.15, -0.1) is 0 Å². The smallest absolute Gasteiger partial charge is 0.0700 e. The standard InChI is InChI=1S/C12H17Cl2NO2/c1-16-7-8-17-6-2-5-15-12-9-10(13)3-4-11(12)14/h3-4,9,15H,2,5-8H2,1H3. The van der Waals surface area contributed by atoms with Crippen LogP contribution in [0.25, 0.3) is 0 Å². The van der Waals surface area contributed by atoms with Gasteiger partial charge >= 0.3 is 0 Å².